The number of thiazole rings is 1. The number of hydrogen-bond acceptors (Lipinski definition) is 4. The molecule has 1 heterocycles. The number of ether oxygens (including phenoxy) is 1. The van der Waals surface area contributed by atoms with Crippen molar-refractivity contribution in [2.45, 2.75) is 51.3 Å². The van der Waals surface area contributed by atoms with Crippen LogP contribution in [0, 0.1) is 6.92 Å². The van der Waals surface area contributed by atoms with E-state index in [9.17, 15) is 4.79 Å². The van der Waals surface area contributed by atoms with Gasteiger partial charge in [0.25, 0.3) is 0 Å². The molecule has 1 fully saturated rings. The minimum Gasteiger partial charge on any atom is -0.487 e. The molecule has 5 rings (SSSR count). The van der Waals surface area contributed by atoms with E-state index in [-0.39, 0.29) is 11.9 Å². The van der Waals surface area contributed by atoms with Gasteiger partial charge in [0.2, 0.25) is 5.91 Å². The summed E-state index contributed by atoms with van der Waals surface area (Å²) in [7, 11) is 0. The van der Waals surface area contributed by atoms with E-state index in [1.54, 1.807) is 17.4 Å². The van der Waals surface area contributed by atoms with Crippen molar-refractivity contribution in [2.24, 2.45) is 0 Å². The molecule has 1 amide bonds. The Morgan fingerprint density at radius 1 is 1.19 bits per heavy atom. The van der Waals surface area contributed by atoms with Crippen molar-refractivity contribution in [3.8, 4) is 5.75 Å². The summed E-state index contributed by atoms with van der Waals surface area (Å²) in [5, 5.41) is 3.06. The SMILES string of the molecule is Cc1nc(COc2cccc(/C=C\C(=O)N(C3CC3)[C@@H]3CCc4ccccc43)c2)cs1. The van der Waals surface area contributed by atoms with Crippen molar-refractivity contribution in [3.63, 3.8) is 0 Å². The van der Waals surface area contributed by atoms with Gasteiger partial charge in [-0.15, -0.1) is 11.3 Å². The second-order valence-corrected chi connectivity index (χ2v) is 9.34. The van der Waals surface area contributed by atoms with Crippen LogP contribution in [0.1, 0.15) is 52.7 Å². The molecule has 5 heteroatoms. The number of nitrogens with zero attached hydrogens (tertiary/aromatic N) is 2. The van der Waals surface area contributed by atoms with Gasteiger partial charge in [-0.2, -0.15) is 0 Å². The van der Waals surface area contributed by atoms with Crippen LogP contribution in [-0.2, 0) is 17.8 Å². The van der Waals surface area contributed by atoms with E-state index in [1.165, 1.54) is 11.1 Å². The average molecular weight is 431 g/mol. The van der Waals surface area contributed by atoms with Crippen molar-refractivity contribution in [1.82, 2.24) is 9.88 Å². The largest absolute Gasteiger partial charge is 0.487 e. The van der Waals surface area contributed by atoms with Crippen molar-refractivity contribution < 1.29 is 9.53 Å². The van der Waals surface area contributed by atoms with E-state index in [0.717, 1.165) is 47.7 Å². The van der Waals surface area contributed by atoms with Crippen LogP contribution >= 0.6 is 11.3 Å². The maximum atomic E-state index is 13.2. The van der Waals surface area contributed by atoms with Crippen LogP contribution in [0.25, 0.3) is 6.08 Å². The third kappa shape index (κ3) is 4.57. The van der Waals surface area contributed by atoms with Gasteiger partial charge in [0, 0.05) is 17.5 Å². The first-order valence-corrected chi connectivity index (χ1v) is 11.8. The number of aryl methyl sites for hydroxylation is 2. The summed E-state index contributed by atoms with van der Waals surface area (Å²) in [5.74, 6) is 0.887. The molecular formula is C26H26N2O2S. The maximum absolute atomic E-state index is 13.2. The van der Waals surface area contributed by atoms with E-state index in [0.29, 0.717) is 12.6 Å². The smallest absolute Gasteiger partial charge is 0.247 e. The van der Waals surface area contributed by atoms with Gasteiger partial charge in [0.15, 0.2) is 0 Å². The van der Waals surface area contributed by atoms with E-state index in [4.69, 9.17) is 4.74 Å². The first kappa shape index (κ1) is 20.0. The topological polar surface area (TPSA) is 42.4 Å². The van der Waals surface area contributed by atoms with Gasteiger partial charge in [-0.05, 0) is 67.5 Å². The van der Waals surface area contributed by atoms with Crippen molar-refractivity contribution in [3.05, 3.63) is 87.4 Å². The summed E-state index contributed by atoms with van der Waals surface area (Å²) in [4.78, 5) is 19.7. The maximum Gasteiger partial charge on any atom is 0.247 e. The van der Waals surface area contributed by atoms with Crippen LogP contribution in [0.15, 0.2) is 60.0 Å². The van der Waals surface area contributed by atoms with Crippen LogP contribution in [0.2, 0.25) is 0 Å². The Hall–Kier alpha value is -2.92. The molecule has 0 unspecified atom stereocenters. The third-order valence-electron chi connectivity index (χ3n) is 5.96. The fourth-order valence-corrected chi connectivity index (χ4v) is 4.96. The Kier molecular flexibility index (Phi) is 5.60. The molecular weight excluding hydrogens is 404 g/mol. The van der Waals surface area contributed by atoms with Gasteiger partial charge in [-0.1, -0.05) is 36.4 Å². The molecule has 0 radical (unpaired) electrons. The average Bonchev–Trinajstić information content (AvgIpc) is 3.39. The molecule has 2 aliphatic carbocycles. The summed E-state index contributed by atoms with van der Waals surface area (Å²) >= 11 is 1.63. The Morgan fingerprint density at radius 3 is 2.87 bits per heavy atom. The van der Waals surface area contributed by atoms with E-state index in [1.807, 2.05) is 42.6 Å². The predicted octanol–water partition coefficient (Wildman–Crippen LogP) is 5.72. The summed E-state index contributed by atoms with van der Waals surface area (Å²) in [6.45, 7) is 2.44. The highest BCUT2D eigenvalue weighted by Gasteiger charge is 2.39. The lowest BCUT2D eigenvalue weighted by Crippen LogP contribution is -2.34. The summed E-state index contributed by atoms with van der Waals surface area (Å²) in [5.41, 5.74) is 4.61. The molecule has 0 bridgehead atoms. The predicted molar refractivity (Wildman–Crippen MR) is 124 cm³/mol. The molecule has 0 saturated heterocycles. The molecule has 4 nitrogen and oxygen atoms in total. The van der Waals surface area contributed by atoms with E-state index >= 15 is 0 Å². The summed E-state index contributed by atoms with van der Waals surface area (Å²) < 4.78 is 5.88. The number of hydrogen-bond donors (Lipinski definition) is 0. The fraction of sp³-hybridized carbons (Fsp3) is 0.308. The third-order valence-corrected chi connectivity index (χ3v) is 6.78. The summed E-state index contributed by atoms with van der Waals surface area (Å²) in [6.07, 6.45) is 7.92. The lowest BCUT2D eigenvalue weighted by molar-refractivity contribution is -0.129. The van der Waals surface area contributed by atoms with Crippen LogP contribution in [0.5, 0.6) is 5.75 Å². The van der Waals surface area contributed by atoms with Crippen molar-refractivity contribution >= 4 is 23.3 Å². The molecule has 2 aromatic carbocycles. The molecule has 1 atom stereocenters. The zero-order valence-electron chi connectivity index (χ0n) is 17.7. The number of fused-ring (bicyclic) bond motifs is 1. The van der Waals surface area contributed by atoms with Gasteiger partial charge in [0.05, 0.1) is 16.7 Å². The minimum atomic E-state index is 0.105. The molecule has 31 heavy (non-hydrogen) atoms. The van der Waals surface area contributed by atoms with Gasteiger partial charge >= 0.3 is 0 Å². The zero-order chi connectivity index (χ0) is 21.2. The number of amides is 1. The van der Waals surface area contributed by atoms with Crippen LogP contribution < -0.4 is 4.74 Å². The number of aromatic nitrogens is 1. The second-order valence-electron chi connectivity index (χ2n) is 8.28. The van der Waals surface area contributed by atoms with Gasteiger partial charge < -0.3 is 9.64 Å². The first-order valence-electron chi connectivity index (χ1n) is 10.9. The molecule has 3 aromatic rings. The molecule has 2 aliphatic rings. The number of benzene rings is 2. The quantitative estimate of drug-likeness (QED) is 0.450. The Morgan fingerprint density at radius 2 is 2.06 bits per heavy atom. The van der Waals surface area contributed by atoms with E-state index < -0.39 is 0 Å². The Labute approximate surface area is 187 Å². The van der Waals surface area contributed by atoms with Crippen molar-refractivity contribution in [1.29, 1.82) is 0 Å². The van der Waals surface area contributed by atoms with Crippen LogP contribution in [0.3, 0.4) is 0 Å². The van der Waals surface area contributed by atoms with Gasteiger partial charge in [0.1, 0.15) is 12.4 Å². The lowest BCUT2D eigenvalue weighted by Gasteiger charge is -2.29. The molecule has 1 saturated carbocycles. The highest BCUT2D eigenvalue weighted by atomic mass is 32.1. The standard InChI is InChI=1S/C26H26N2O2S/c1-18-27-21(17-31-18)16-30-23-7-4-5-19(15-23)9-14-26(29)28(22-11-12-22)25-13-10-20-6-2-3-8-24(20)25/h2-9,14-15,17,22,25H,10-13,16H2,1H3/b14-9-/t25-/m1/s1. The van der Waals surface area contributed by atoms with Gasteiger partial charge in [-0.25, -0.2) is 4.98 Å². The Bertz CT molecular complexity index is 1120. The minimum absolute atomic E-state index is 0.105. The van der Waals surface area contributed by atoms with Crippen LogP contribution in [0.4, 0.5) is 0 Å². The Balaban J connectivity index is 1.27. The van der Waals surface area contributed by atoms with E-state index in [2.05, 4.69) is 34.1 Å². The number of carbonyl (C=O) groups is 1. The molecule has 1 aromatic heterocycles. The first-order chi connectivity index (χ1) is 15.2. The lowest BCUT2D eigenvalue weighted by atomic mass is 10.1. The number of rotatable bonds is 7. The number of carbonyl (C=O) groups excluding carboxylic acids is 1. The second kappa shape index (κ2) is 8.67. The monoisotopic (exact) mass is 430 g/mol. The molecule has 0 spiro atoms. The highest BCUT2D eigenvalue weighted by Crippen LogP contribution is 2.41. The highest BCUT2D eigenvalue weighted by molar-refractivity contribution is 7.09. The summed E-state index contributed by atoms with van der Waals surface area (Å²) in [6, 6.07) is 17.0. The van der Waals surface area contributed by atoms with Crippen molar-refractivity contribution in [2.75, 3.05) is 0 Å². The molecule has 0 aliphatic heterocycles. The van der Waals surface area contributed by atoms with Gasteiger partial charge in [-0.3, -0.25) is 4.79 Å². The zero-order valence-corrected chi connectivity index (χ0v) is 18.5. The molecule has 0 N–H and O–H groups in total. The normalized spacial score (nSPS) is 17.6. The van der Waals surface area contributed by atoms with Crippen LogP contribution in [-0.4, -0.2) is 21.8 Å². The molecule has 158 valence electrons. The fourth-order valence-electron chi connectivity index (χ4n) is 4.36.